The van der Waals surface area contributed by atoms with Gasteiger partial charge in [0, 0.05) is 38.6 Å². The smallest absolute Gasteiger partial charge is 0.364 e. The predicted molar refractivity (Wildman–Crippen MR) is 98.6 cm³/mol. The summed E-state index contributed by atoms with van der Waals surface area (Å²) in [6.07, 6.45) is 0.543. The third-order valence-corrected chi connectivity index (χ3v) is 5.68. The second-order valence-electron chi connectivity index (χ2n) is 7.62. The molecule has 0 aromatic heterocycles. The maximum absolute atomic E-state index is 12.8. The quantitative estimate of drug-likeness (QED) is 0.782. The van der Waals surface area contributed by atoms with Crippen LogP contribution in [0.3, 0.4) is 0 Å². The maximum Gasteiger partial charge on any atom is 0.364 e. The van der Waals surface area contributed by atoms with Crippen LogP contribution in [0.15, 0.2) is 12.1 Å². The van der Waals surface area contributed by atoms with Crippen molar-refractivity contribution in [1.29, 1.82) is 0 Å². The van der Waals surface area contributed by atoms with Gasteiger partial charge in [0.2, 0.25) is 6.04 Å². The highest BCUT2D eigenvalue weighted by atomic mass is 16.4. The molecule has 148 valence electrons. The van der Waals surface area contributed by atoms with Gasteiger partial charge in [-0.3, -0.25) is 4.79 Å². The van der Waals surface area contributed by atoms with E-state index in [4.69, 9.17) is 0 Å². The van der Waals surface area contributed by atoms with Crippen molar-refractivity contribution in [1.82, 2.24) is 0 Å². The summed E-state index contributed by atoms with van der Waals surface area (Å²) in [4.78, 5) is 36.0. The summed E-state index contributed by atoms with van der Waals surface area (Å²) < 4.78 is -0.112. The summed E-state index contributed by atoms with van der Waals surface area (Å²) in [5, 5.41) is 22.6. The molecule has 1 fully saturated rings. The van der Waals surface area contributed by atoms with E-state index in [1.807, 2.05) is 32.9 Å². The zero-order valence-electron chi connectivity index (χ0n) is 16.6. The Hall–Kier alpha value is -2.41. The first-order valence-corrected chi connectivity index (χ1v) is 9.20. The molecule has 0 bridgehead atoms. The number of amides is 1. The zero-order chi connectivity index (χ0) is 20.5. The number of aryl methyl sites for hydroxylation is 3. The molecule has 0 spiro atoms. The van der Waals surface area contributed by atoms with Crippen molar-refractivity contribution in [3.63, 3.8) is 0 Å². The number of rotatable bonds is 5. The number of quaternary nitrogens is 1. The number of hydrogen-bond acceptors (Lipinski definition) is 4. The van der Waals surface area contributed by atoms with Crippen LogP contribution in [0.25, 0.3) is 0 Å². The van der Waals surface area contributed by atoms with Gasteiger partial charge in [-0.2, -0.15) is 5.01 Å². The molecule has 1 amide bonds. The lowest BCUT2D eigenvalue weighted by Crippen LogP contribution is -2.71. The molecule has 2 rings (SSSR count). The van der Waals surface area contributed by atoms with Gasteiger partial charge >= 0.3 is 5.97 Å². The highest BCUT2D eigenvalue weighted by molar-refractivity contribution is 5.91. The molecule has 1 unspecified atom stereocenters. The van der Waals surface area contributed by atoms with E-state index in [1.54, 1.807) is 11.9 Å². The first kappa shape index (κ1) is 20.9. The Balaban J connectivity index is 2.63. The number of hydrogen-bond donors (Lipinski definition) is 1. The van der Waals surface area contributed by atoms with Crippen LogP contribution in [-0.2, 0) is 14.4 Å². The van der Waals surface area contributed by atoms with Crippen LogP contribution in [-0.4, -0.2) is 46.7 Å². The number of anilines is 1. The molecule has 1 atom stereocenters. The van der Waals surface area contributed by atoms with Gasteiger partial charge in [-0.1, -0.05) is 17.7 Å². The third-order valence-electron chi connectivity index (χ3n) is 5.68. The summed E-state index contributed by atoms with van der Waals surface area (Å²) >= 11 is 0. The average molecular weight is 376 g/mol. The second kappa shape index (κ2) is 7.68. The number of carbonyl (C=O) groups is 3. The van der Waals surface area contributed by atoms with Crippen molar-refractivity contribution in [3.8, 4) is 0 Å². The van der Waals surface area contributed by atoms with Gasteiger partial charge < -0.3 is 15.0 Å². The average Bonchev–Trinajstić information content (AvgIpc) is 2.56. The molecule has 1 aliphatic rings. The fourth-order valence-corrected chi connectivity index (χ4v) is 4.36. The van der Waals surface area contributed by atoms with E-state index in [1.165, 1.54) is 6.92 Å². The summed E-state index contributed by atoms with van der Waals surface area (Å²) in [5.41, 5.74) is 3.54. The van der Waals surface area contributed by atoms with Crippen molar-refractivity contribution >= 4 is 23.5 Å². The van der Waals surface area contributed by atoms with E-state index in [-0.39, 0.29) is 36.4 Å². The summed E-state index contributed by atoms with van der Waals surface area (Å²) in [6, 6.07) is 3.04. The molecule has 0 aliphatic carbocycles. The number of likely N-dealkylation sites (tertiary alicyclic amines) is 1. The van der Waals surface area contributed by atoms with Gasteiger partial charge in [-0.05, 0) is 31.9 Å². The van der Waals surface area contributed by atoms with Crippen LogP contribution in [0.5, 0.6) is 0 Å². The molecule has 1 heterocycles. The Labute approximate surface area is 159 Å². The molecule has 7 heteroatoms. The number of carboxylic acids is 2. The van der Waals surface area contributed by atoms with Crippen molar-refractivity contribution in [2.75, 3.05) is 18.1 Å². The van der Waals surface area contributed by atoms with E-state index < -0.39 is 23.9 Å². The SMILES string of the molecule is CC(=O)N(c1c(C)cc(C)cc1C)[N+]1(C(C)C(=O)O)CCC(C(=O)[O-])CC1. The lowest BCUT2D eigenvalue weighted by atomic mass is 9.94. The van der Waals surface area contributed by atoms with E-state index >= 15 is 0 Å². The molecule has 7 nitrogen and oxygen atoms in total. The van der Waals surface area contributed by atoms with Gasteiger partial charge in [-0.15, -0.1) is 0 Å². The molecule has 0 saturated carbocycles. The molecule has 27 heavy (non-hydrogen) atoms. The second-order valence-corrected chi connectivity index (χ2v) is 7.62. The number of piperidine rings is 1. The Morgan fingerprint density at radius 2 is 1.63 bits per heavy atom. The van der Waals surface area contributed by atoms with E-state index in [0.717, 1.165) is 16.7 Å². The fourth-order valence-electron chi connectivity index (χ4n) is 4.36. The monoisotopic (exact) mass is 376 g/mol. The number of carboxylic acid groups (broad SMARTS) is 2. The number of carbonyl (C=O) groups excluding carboxylic acids is 2. The number of nitrogens with zero attached hydrogens (tertiary/aromatic N) is 2. The number of aliphatic carboxylic acids is 2. The molecule has 1 aliphatic heterocycles. The van der Waals surface area contributed by atoms with Gasteiger partial charge in [0.05, 0.1) is 0 Å². The fraction of sp³-hybridized carbons (Fsp3) is 0.550. The Kier molecular flexibility index (Phi) is 5.94. The minimum absolute atomic E-state index is 0.112. The standard InChI is InChI=1S/C20H28N2O5/c1-12-10-13(2)18(14(3)11-12)21(16(5)23)22(15(4)19(24)25)8-6-17(7-9-22)20(26)27/h10-11,15,17H,6-9H2,1-5H3,(H-,24,25,26,27). The molecular formula is C20H28N2O5. The van der Waals surface area contributed by atoms with Gasteiger partial charge in [0.1, 0.15) is 18.8 Å². The zero-order valence-corrected chi connectivity index (χ0v) is 16.6. The Bertz CT molecular complexity index is 743. The van der Waals surface area contributed by atoms with E-state index in [2.05, 4.69) is 0 Å². The van der Waals surface area contributed by atoms with Crippen LogP contribution in [0.1, 0.15) is 43.4 Å². The lowest BCUT2D eigenvalue weighted by Gasteiger charge is -2.51. The van der Waals surface area contributed by atoms with Crippen LogP contribution in [0, 0.1) is 26.7 Å². The minimum Gasteiger partial charge on any atom is -0.550 e. The van der Waals surface area contributed by atoms with Crippen LogP contribution >= 0.6 is 0 Å². The summed E-state index contributed by atoms with van der Waals surface area (Å²) in [7, 11) is 0. The number of benzene rings is 1. The summed E-state index contributed by atoms with van der Waals surface area (Å²) in [6.45, 7) is 9.28. The van der Waals surface area contributed by atoms with Crippen LogP contribution in [0.2, 0.25) is 0 Å². The first-order valence-electron chi connectivity index (χ1n) is 9.20. The van der Waals surface area contributed by atoms with E-state index in [0.29, 0.717) is 5.69 Å². The van der Waals surface area contributed by atoms with Crippen molar-refractivity contribution < 1.29 is 29.2 Å². The predicted octanol–water partition coefficient (Wildman–Crippen LogP) is 1.33. The highest BCUT2D eigenvalue weighted by Gasteiger charge is 2.50. The molecule has 0 radical (unpaired) electrons. The lowest BCUT2D eigenvalue weighted by molar-refractivity contribution is -0.948. The minimum atomic E-state index is -1.12. The summed E-state index contributed by atoms with van der Waals surface area (Å²) in [5.74, 6) is -3.01. The van der Waals surface area contributed by atoms with Crippen molar-refractivity contribution in [3.05, 3.63) is 28.8 Å². The Morgan fingerprint density at radius 1 is 1.15 bits per heavy atom. The Morgan fingerprint density at radius 3 is 2.00 bits per heavy atom. The maximum atomic E-state index is 12.8. The van der Waals surface area contributed by atoms with Gasteiger partial charge in [-0.25, -0.2) is 9.39 Å². The molecular weight excluding hydrogens is 348 g/mol. The first-order chi connectivity index (χ1) is 12.5. The largest absolute Gasteiger partial charge is 0.550 e. The van der Waals surface area contributed by atoms with Crippen LogP contribution < -0.4 is 10.1 Å². The topological polar surface area (TPSA) is 97.7 Å². The van der Waals surface area contributed by atoms with Crippen LogP contribution in [0.4, 0.5) is 5.69 Å². The third kappa shape index (κ3) is 3.83. The normalized spacial score (nSPS) is 23.5. The molecule has 1 aromatic carbocycles. The van der Waals surface area contributed by atoms with E-state index in [9.17, 15) is 24.6 Å². The van der Waals surface area contributed by atoms with Crippen molar-refractivity contribution in [2.24, 2.45) is 5.92 Å². The molecule has 1 saturated heterocycles. The van der Waals surface area contributed by atoms with Crippen molar-refractivity contribution in [2.45, 2.75) is 53.5 Å². The molecule has 1 aromatic rings. The molecule has 1 N–H and O–H groups in total. The van der Waals surface area contributed by atoms with Gasteiger partial charge in [0.25, 0.3) is 5.91 Å². The highest BCUT2D eigenvalue weighted by Crippen LogP contribution is 2.37. The van der Waals surface area contributed by atoms with Gasteiger partial charge in [0.15, 0.2) is 0 Å².